The monoisotopic (exact) mass is 268 g/mol. The molecule has 0 fully saturated rings. The van der Waals surface area contributed by atoms with Crippen molar-refractivity contribution >= 4 is 5.91 Å². The van der Waals surface area contributed by atoms with Crippen LogP contribution in [0.5, 0.6) is 0 Å². The number of hydrogen-bond donors (Lipinski definition) is 2. The van der Waals surface area contributed by atoms with E-state index in [1.54, 1.807) is 32.2 Å². The summed E-state index contributed by atoms with van der Waals surface area (Å²) in [4.78, 5) is 11.7. The number of rotatable bonds is 7. The molecule has 106 valence electrons. The molecule has 1 amide bonds. The quantitative estimate of drug-likeness (QED) is 0.739. The summed E-state index contributed by atoms with van der Waals surface area (Å²) >= 11 is 0. The lowest BCUT2D eigenvalue weighted by Crippen LogP contribution is -2.44. The van der Waals surface area contributed by atoms with Crippen LogP contribution in [0, 0.1) is 5.82 Å². The zero-order valence-corrected chi connectivity index (χ0v) is 11.6. The molecule has 0 aliphatic rings. The Hall–Kier alpha value is -1.46. The van der Waals surface area contributed by atoms with Gasteiger partial charge in [0.15, 0.2) is 0 Å². The number of amides is 1. The number of nitrogens with one attached hydrogen (secondary N) is 2. The van der Waals surface area contributed by atoms with Gasteiger partial charge in [-0.25, -0.2) is 4.39 Å². The average molecular weight is 268 g/mol. The second-order valence-corrected chi connectivity index (χ2v) is 4.42. The Labute approximate surface area is 113 Å². The van der Waals surface area contributed by atoms with E-state index in [1.165, 1.54) is 6.07 Å². The van der Waals surface area contributed by atoms with Gasteiger partial charge in [0.05, 0.1) is 12.6 Å². The lowest BCUT2D eigenvalue weighted by Gasteiger charge is -2.20. The molecule has 0 saturated heterocycles. The summed E-state index contributed by atoms with van der Waals surface area (Å²) in [7, 11) is 1.58. The van der Waals surface area contributed by atoms with E-state index in [4.69, 9.17) is 4.74 Å². The fourth-order valence-electron chi connectivity index (χ4n) is 1.80. The fraction of sp³-hybridized carbons (Fsp3) is 0.500. The normalized spacial score (nSPS) is 13.9. The molecule has 1 unspecified atom stereocenters. The first kappa shape index (κ1) is 15.6. The van der Waals surface area contributed by atoms with Crippen molar-refractivity contribution in [2.75, 3.05) is 20.3 Å². The van der Waals surface area contributed by atoms with Crippen LogP contribution in [0.1, 0.15) is 25.5 Å². The molecule has 0 saturated carbocycles. The highest BCUT2D eigenvalue weighted by atomic mass is 19.1. The number of hydrogen-bond acceptors (Lipinski definition) is 3. The van der Waals surface area contributed by atoms with E-state index in [9.17, 15) is 9.18 Å². The molecule has 0 aliphatic carbocycles. The maximum atomic E-state index is 13.6. The molecule has 4 nitrogen and oxygen atoms in total. The van der Waals surface area contributed by atoms with Crippen molar-refractivity contribution in [3.63, 3.8) is 0 Å². The molecule has 0 spiro atoms. The van der Waals surface area contributed by atoms with Gasteiger partial charge in [0.25, 0.3) is 0 Å². The largest absolute Gasteiger partial charge is 0.383 e. The molecular weight excluding hydrogens is 247 g/mol. The van der Waals surface area contributed by atoms with Crippen molar-refractivity contribution < 1.29 is 13.9 Å². The van der Waals surface area contributed by atoms with E-state index in [0.717, 1.165) is 0 Å². The predicted molar refractivity (Wildman–Crippen MR) is 72.3 cm³/mol. The molecule has 1 aromatic rings. The third-order valence-electron chi connectivity index (χ3n) is 2.87. The molecule has 2 atom stereocenters. The van der Waals surface area contributed by atoms with Gasteiger partial charge < -0.3 is 10.1 Å². The van der Waals surface area contributed by atoms with Crippen LogP contribution in [-0.2, 0) is 9.53 Å². The van der Waals surface area contributed by atoms with Gasteiger partial charge in [-0.2, -0.15) is 0 Å². The van der Waals surface area contributed by atoms with E-state index < -0.39 is 6.04 Å². The van der Waals surface area contributed by atoms with Gasteiger partial charge in [0.2, 0.25) is 5.91 Å². The van der Waals surface area contributed by atoms with Crippen molar-refractivity contribution in [2.45, 2.75) is 25.9 Å². The minimum absolute atomic E-state index is 0.125. The Morgan fingerprint density at radius 3 is 2.68 bits per heavy atom. The maximum absolute atomic E-state index is 13.6. The number of halogens is 1. The summed E-state index contributed by atoms with van der Waals surface area (Å²) in [5.74, 6) is -0.394. The summed E-state index contributed by atoms with van der Waals surface area (Å²) in [6.45, 7) is 4.52. The van der Waals surface area contributed by atoms with Crippen LogP contribution < -0.4 is 10.6 Å². The first-order valence-corrected chi connectivity index (χ1v) is 6.33. The Kier molecular flexibility index (Phi) is 6.45. The highest BCUT2D eigenvalue weighted by Gasteiger charge is 2.17. The molecule has 2 N–H and O–H groups in total. The van der Waals surface area contributed by atoms with Gasteiger partial charge in [0, 0.05) is 25.3 Å². The molecule has 1 rings (SSSR count). The Morgan fingerprint density at radius 1 is 1.37 bits per heavy atom. The van der Waals surface area contributed by atoms with Crippen LogP contribution in [0.3, 0.4) is 0 Å². The van der Waals surface area contributed by atoms with Crippen LogP contribution in [-0.4, -0.2) is 32.2 Å². The number of ether oxygens (including phenoxy) is 1. The first-order valence-electron chi connectivity index (χ1n) is 6.33. The summed E-state index contributed by atoms with van der Waals surface area (Å²) in [6, 6.07) is 5.92. The van der Waals surface area contributed by atoms with E-state index in [1.807, 2.05) is 6.92 Å². The molecule has 19 heavy (non-hydrogen) atoms. The Bertz CT molecular complexity index is 412. The lowest BCUT2D eigenvalue weighted by atomic mass is 10.1. The van der Waals surface area contributed by atoms with E-state index in [0.29, 0.717) is 18.7 Å². The van der Waals surface area contributed by atoms with Crippen LogP contribution in [0.4, 0.5) is 4.39 Å². The summed E-state index contributed by atoms with van der Waals surface area (Å²) in [6.07, 6.45) is 0. The maximum Gasteiger partial charge on any atom is 0.236 e. The number of methoxy groups -OCH3 is 1. The van der Waals surface area contributed by atoms with Crippen LogP contribution in [0.2, 0.25) is 0 Å². The number of carbonyl (C=O) groups excluding carboxylic acids is 1. The molecule has 0 aliphatic heterocycles. The van der Waals surface area contributed by atoms with Crippen molar-refractivity contribution in [2.24, 2.45) is 0 Å². The van der Waals surface area contributed by atoms with Crippen LogP contribution in [0.25, 0.3) is 0 Å². The zero-order chi connectivity index (χ0) is 14.3. The Balaban J connectivity index is 2.50. The van der Waals surface area contributed by atoms with Gasteiger partial charge in [-0.3, -0.25) is 10.1 Å². The summed E-state index contributed by atoms with van der Waals surface area (Å²) < 4.78 is 18.4. The lowest BCUT2D eigenvalue weighted by molar-refractivity contribution is -0.123. The Morgan fingerprint density at radius 2 is 2.05 bits per heavy atom. The zero-order valence-electron chi connectivity index (χ0n) is 11.6. The third-order valence-corrected chi connectivity index (χ3v) is 2.87. The van der Waals surface area contributed by atoms with Crippen molar-refractivity contribution in [3.8, 4) is 0 Å². The molecule has 1 aromatic carbocycles. The highest BCUT2D eigenvalue weighted by Crippen LogP contribution is 2.16. The van der Waals surface area contributed by atoms with Crippen LogP contribution >= 0.6 is 0 Å². The smallest absolute Gasteiger partial charge is 0.236 e. The molecule has 0 bridgehead atoms. The van der Waals surface area contributed by atoms with E-state index in [2.05, 4.69) is 10.6 Å². The van der Waals surface area contributed by atoms with Gasteiger partial charge in [0.1, 0.15) is 5.82 Å². The molecule has 0 radical (unpaired) electrons. The van der Waals surface area contributed by atoms with Gasteiger partial charge in [-0.15, -0.1) is 0 Å². The number of carbonyl (C=O) groups is 1. The van der Waals surface area contributed by atoms with E-state index >= 15 is 0 Å². The predicted octanol–water partition coefficient (Wildman–Crippen LogP) is 1.63. The molecule has 0 heterocycles. The highest BCUT2D eigenvalue weighted by molar-refractivity contribution is 5.81. The summed E-state index contributed by atoms with van der Waals surface area (Å²) in [5, 5.41) is 5.81. The van der Waals surface area contributed by atoms with Crippen molar-refractivity contribution in [1.82, 2.24) is 10.6 Å². The fourth-order valence-corrected chi connectivity index (χ4v) is 1.80. The second kappa shape index (κ2) is 7.86. The van der Waals surface area contributed by atoms with Crippen molar-refractivity contribution in [1.29, 1.82) is 0 Å². The minimum atomic E-state index is -0.397. The van der Waals surface area contributed by atoms with Gasteiger partial charge in [-0.05, 0) is 19.9 Å². The number of benzene rings is 1. The standard InChI is InChI=1S/C14H21FN2O2/c1-10(12-6-4-5-7-13(12)15)17-11(2)14(18)16-8-9-19-3/h4-7,10-11,17H,8-9H2,1-3H3,(H,16,18)/t10-,11?/m1/s1. The van der Waals surface area contributed by atoms with E-state index in [-0.39, 0.29) is 17.8 Å². The second-order valence-electron chi connectivity index (χ2n) is 4.42. The summed E-state index contributed by atoms with van der Waals surface area (Å²) in [5.41, 5.74) is 0.555. The van der Waals surface area contributed by atoms with Gasteiger partial charge >= 0.3 is 0 Å². The average Bonchev–Trinajstić information content (AvgIpc) is 2.39. The third kappa shape index (κ3) is 4.96. The van der Waals surface area contributed by atoms with Crippen LogP contribution in [0.15, 0.2) is 24.3 Å². The SMILES string of the molecule is COCCNC(=O)C(C)N[C@H](C)c1ccccc1F. The molecule has 0 aromatic heterocycles. The van der Waals surface area contributed by atoms with Crippen molar-refractivity contribution in [3.05, 3.63) is 35.6 Å². The first-order chi connectivity index (χ1) is 9.06. The molecule has 5 heteroatoms. The molecular formula is C14H21FN2O2. The topological polar surface area (TPSA) is 50.4 Å². The van der Waals surface area contributed by atoms with Gasteiger partial charge in [-0.1, -0.05) is 18.2 Å². The minimum Gasteiger partial charge on any atom is -0.383 e.